The summed E-state index contributed by atoms with van der Waals surface area (Å²) >= 11 is 0. The maximum Gasteiger partial charge on any atom is 0.344 e. The summed E-state index contributed by atoms with van der Waals surface area (Å²) < 4.78 is 9.17. The van der Waals surface area contributed by atoms with Crippen molar-refractivity contribution in [1.82, 2.24) is 0 Å². The Labute approximate surface area is 58.1 Å². The molecule has 1 aliphatic heterocycles. The molecule has 1 atom stereocenters. The van der Waals surface area contributed by atoms with Crippen molar-refractivity contribution in [2.24, 2.45) is 0 Å². The highest BCUT2D eigenvalue weighted by Crippen LogP contribution is 2.04. The van der Waals surface area contributed by atoms with E-state index in [2.05, 4.69) is 4.74 Å². The Morgan fingerprint density at radius 2 is 2.10 bits per heavy atom. The van der Waals surface area contributed by atoms with Crippen LogP contribution in [0.15, 0.2) is 0 Å². The molecule has 0 bridgehead atoms. The second kappa shape index (κ2) is 2.68. The van der Waals surface area contributed by atoms with Gasteiger partial charge in [-0.25, -0.2) is 4.79 Å². The highest BCUT2D eigenvalue weighted by atomic mass is 16.6. The third-order valence-corrected chi connectivity index (χ3v) is 1.14. The molecule has 0 aromatic rings. The summed E-state index contributed by atoms with van der Waals surface area (Å²) in [4.78, 5) is 21.1. The molecule has 0 N–H and O–H groups in total. The van der Waals surface area contributed by atoms with Crippen molar-refractivity contribution < 1.29 is 19.1 Å². The first-order chi connectivity index (χ1) is 4.68. The highest BCUT2D eigenvalue weighted by molar-refractivity contribution is 5.78. The van der Waals surface area contributed by atoms with Crippen molar-refractivity contribution >= 4 is 11.9 Å². The van der Waals surface area contributed by atoms with Crippen LogP contribution in [0.2, 0.25) is 0 Å². The first-order valence-corrected chi connectivity index (χ1v) is 3.03. The fourth-order valence-electron chi connectivity index (χ4n) is 0.733. The summed E-state index contributed by atoms with van der Waals surface area (Å²) in [7, 11) is 0. The number of ether oxygens (including phenoxy) is 2. The van der Waals surface area contributed by atoms with Crippen molar-refractivity contribution in [1.29, 1.82) is 0 Å². The van der Waals surface area contributed by atoms with Gasteiger partial charge in [0, 0.05) is 0 Å². The molecule has 4 heteroatoms. The van der Waals surface area contributed by atoms with Gasteiger partial charge in [-0.15, -0.1) is 0 Å². The van der Waals surface area contributed by atoms with Gasteiger partial charge in [0.1, 0.15) is 6.10 Å². The Morgan fingerprint density at radius 3 is 2.80 bits per heavy atom. The summed E-state index contributed by atoms with van der Waals surface area (Å²) in [5.74, 6) is -0.850. The molecule has 0 radical (unpaired) electrons. The van der Waals surface area contributed by atoms with E-state index >= 15 is 0 Å². The Hall–Kier alpha value is -1.06. The predicted molar refractivity (Wildman–Crippen MR) is 31.1 cm³/mol. The lowest BCUT2D eigenvalue weighted by Crippen LogP contribution is -2.13. The third kappa shape index (κ3) is 1.72. The van der Waals surface area contributed by atoms with E-state index in [1.165, 1.54) is 0 Å². The molecule has 1 unspecified atom stereocenters. The molecule has 1 fully saturated rings. The number of esters is 2. The van der Waals surface area contributed by atoms with Crippen molar-refractivity contribution in [2.45, 2.75) is 19.4 Å². The van der Waals surface area contributed by atoms with Crippen LogP contribution in [0.3, 0.4) is 0 Å². The fourth-order valence-corrected chi connectivity index (χ4v) is 0.733. The molecule has 10 heavy (non-hydrogen) atoms. The molecule has 1 heterocycles. The molecule has 0 saturated carbocycles. The Bertz CT molecular complexity index is 145. The molecular weight excluding hydrogens is 136 g/mol. The van der Waals surface area contributed by atoms with Gasteiger partial charge < -0.3 is 9.47 Å². The van der Waals surface area contributed by atoms with Crippen LogP contribution in [0.5, 0.6) is 0 Å². The standard InChI is InChI=1S/C6H8O4/c1-4-2-5(7)9-3-6(8)10-4/h4H,2-3H2,1H3. The van der Waals surface area contributed by atoms with Gasteiger partial charge in [-0.1, -0.05) is 0 Å². The average Bonchev–Trinajstić information content (AvgIpc) is 1.93. The Morgan fingerprint density at radius 1 is 1.40 bits per heavy atom. The molecule has 0 aromatic carbocycles. The van der Waals surface area contributed by atoms with Gasteiger partial charge >= 0.3 is 11.9 Å². The maximum absolute atomic E-state index is 10.6. The van der Waals surface area contributed by atoms with Gasteiger partial charge in [0.05, 0.1) is 6.42 Å². The van der Waals surface area contributed by atoms with Crippen LogP contribution in [0.1, 0.15) is 13.3 Å². The lowest BCUT2D eigenvalue weighted by molar-refractivity contribution is -0.152. The average molecular weight is 144 g/mol. The lowest BCUT2D eigenvalue weighted by atomic mass is 10.3. The van der Waals surface area contributed by atoms with Crippen LogP contribution in [0.25, 0.3) is 0 Å². The molecular formula is C6H8O4. The minimum atomic E-state index is -0.474. The summed E-state index contributed by atoms with van der Waals surface area (Å²) in [5.41, 5.74) is 0. The van der Waals surface area contributed by atoms with Crippen LogP contribution in [0.4, 0.5) is 0 Å². The summed E-state index contributed by atoms with van der Waals surface area (Å²) in [6.07, 6.45) is -0.186. The number of hydrogen-bond donors (Lipinski definition) is 0. The normalized spacial score (nSPS) is 26.7. The largest absolute Gasteiger partial charge is 0.460 e. The second-order valence-corrected chi connectivity index (χ2v) is 2.17. The molecule has 0 amide bonds. The number of cyclic esters (lactones) is 2. The quantitative estimate of drug-likeness (QED) is 0.444. The van der Waals surface area contributed by atoms with Crippen LogP contribution in [0, 0.1) is 0 Å². The molecule has 1 saturated heterocycles. The molecule has 56 valence electrons. The molecule has 0 aliphatic carbocycles. The van der Waals surface area contributed by atoms with Gasteiger partial charge in [0.25, 0.3) is 0 Å². The zero-order valence-corrected chi connectivity index (χ0v) is 5.62. The van der Waals surface area contributed by atoms with Gasteiger partial charge in [-0.05, 0) is 6.92 Å². The third-order valence-electron chi connectivity index (χ3n) is 1.14. The molecule has 1 rings (SSSR count). The van der Waals surface area contributed by atoms with Crippen LogP contribution in [-0.2, 0) is 19.1 Å². The van der Waals surface area contributed by atoms with Crippen LogP contribution < -0.4 is 0 Å². The number of carbonyl (C=O) groups excluding carboxylic acids is 2. The fraction of sp³-hybridized carbons (Fsp3) is 0.667. The zero-order chi connectivity index (χ0) is 7.56. The minimum absolute atomic E-state index is 0.158. The molecule has 0 aromatic heterocycles. The van der Waals surface area contributed by atoms with Gasteiger partial charge in [-0.3, -0.25) is 4.79 Å². The van der Waals surface area contributed by atoms with E-state index in [1.807, 2.05) is 0 Å². The zero-order valence-electron chi connectivity index (χ0n) is 5.62. The van der Waals surface area contributed by atoms with E-state index < -0.39 is 5.97 Å². The second-order valence-electron chi connectivity index (χ2n) is 2.17. The van der Waals surface area contributed by atoms with E-state index in [9.17, 15) is 9.59 Å². The molecule has 0 spiro atoms. The van der Waals surface area contributed by atoms with Crippen molar-refractivity contribution in [3.8, 4) is 0 Å². The van der Waals surface area contributed by atoms with E-state index in [-0.39, 0.29) is 25.1 Å². The van der Waals surface area contributed by atoms with E-state index in [0.717, 1.165) is 0 Å². The monoisotopic (exact) mass is 144 g/mol. The summed E-state index contributed by atoms with van der Waals surface area (Å²) in [6, 6.07) is 0. The van der Waals surface area contributed by atoms with Gasteiger partial charge in [0.2, 0.25) is 0 Å². The first-order valence-electron chi connectivity index (χ1n) is 3.03. The van der Waals surface area contributed by atoms with Crippen LogP contribution >= 0.6 is 0 Å². The number of carbonyl (C=O) groups is 2. The van der Waals surface area contributed by atoms with Crippen molar-refractivity contribution in [3.05, 3.63) is 0 Å². The molecule has 1 aliphatic rings. The van der Waals surface area contributed by atoms with E-state index in [1.54, 1.807) is 6.92 Å². The minimum Gasteiger partial charge on any atom is -0.460 e. The molecule has 4 nitrogen and oxygen atoms in total. The smallest absolute Gasteiger partial charge is 0.344 e. The highest BCUT2D eigenvalue weighted by Gasteiger charge is 2.20. The van der Waals surface area contributed by atoms with Crippen molar-refractivity contribution in [3.63, 3.8) is 0 Å². The number of hydrogen-bond acceptors (Lipinski definition) is 4. The first kappa shape index (κ1) is 7.05. The van der Waals surface area contributed by atoms with Crippen molar-refractivity contribution in [2.75, 3.05) is 6.61 Å². The summed E-state index contributed by atoms with van der Waals surface area (Å²) in [5, 5.41) is 0. The topological polar surface area (TPSA) is 52.6 Å². The number of rotatable bonds is 0. The Kier molecular flexibility index (Phi) is 1.89. The Balaban J connectivity index is 2.54. The van der Waals surface area contributed by atoms with Gasteiger partial charge in [-0.2, -0.15) is 0 Å². The SMILES string of the molecule is CC1CC(=O)OCC(=O)O1. The predicted octanol–water partition coefficient (Wildman–Crippen LogP) is -0.135. The van der Waals surface area contributed by atoms with Gasteiger partial charge in [0.15, 0.2) is 6.61 Å². The van der Waals surface area contributed by atoms with E-state index in [4.69, 9.17) is 4.74 Å². The van der Waals surface area contributed by atoms with Crippen LogP contribution in [-0.4, -0.2) is 24.6 Å². The summed E-state index contributed by atoms with van der Waals surface area (Å²) in [6.45, 7) is 1.41. The van der Waals surface area contributed by atoms with E-state index in [0.29, 0.717) is 0 Å². The maximum atomic E-state index is 10.6. The lowest BCUT2D eigenvalue weighted by Gasteiger charge is -2.03.